The SMILES string of the molecule is CCC(NC(=O)NC(C)c1ccc(Br)cc1)C(=O)O. The first-order chi connectivity index (χ1) is 8.93. The van der Waals surface area contributed by atoms with Crippen molar-refractivity contribution in [2.45, 2.75) is 32.4 Å². The van der Waals surface area contributed by atoms with Gasteiger partial charge in [-0.1, -0.05) is 35.0 Å². The van der Waals surface area contributed by atoms with Crippen molar-refractivity contribution in [2.75, 3.05) is 0 Å². The maximum absolute atomic E-state index is 11.7. The number of rotatable bonds is 5. The molecule has 0 aliphatic heterocycles. The van der Waals surface area contributed by atoms with Crippen LogP contribution in [0.15, 0.2) is 28.7 Å². The molecule has 0 aromatic heterocycles. The third-order valence-electron chi connectivity index (χ3n) is 2.73. The lowest BCUT2D eigenvalue weighted by Gasteiger charge is -2.17. The van der Waals surface area contributed by atoms with E-state index in [0.717, 1.165) is 10.0 Å². The molecule has 0 aliphatic carbocycles. The second-order valence-corrected chi connectivity index (χ2v) is 5.11. The van der Waals surface area contributed by atoms with Gasteiger partial charge in [-0.3, -0.25) is 0 Å². The Bertz CT molecular complexity index is 448. The predicted octanol–water partition coefficient (Wildman–Crippen LogP) is 2.67. The molecule has 0 radical (unpaired) electrons. The zero-order chi connectivity index (χ0) is 14.4. The summed E-state index contributed by atoms with van der Waals surface area (Å²) in [7, 11) is 0. The average molecular weight is 329 g/mol. The van der Waals surface area contributed by atoms with Crippen LogP contribution in [0.2, 0.25) is 0 Å². The molecule has 6 heteroatoms. The van der Waals surface area contributed by atoms with Gasteiger partial charge in [0.15, 0.2) is 0 Å². The lowest BCUT2D eigenvalue weighted by atomic mass is 10.1. The van der Waals surface area contributed by atoms with Crippen LogP contribution in [-0.2, 0) is 4.79 Å². The van der Waals surface area contributed by atoms with Gasteiger partial charge in [0, 0.05) is 4.47 Å². The van der Waals surface area contributed by atoms with Crippen LogP contribution in [-0.4, -0.2) is 23.1 Å². The van der Waals surface area contributed by atoms with Crippen LogP contribution in [0, 0.1) is 0 Å². The van der Waals surface area contributed by atoms with Crippen molar-refractivity contribution in [3.05, 3.63) is 34.3 Å². The summed E-state index contributed by atoms with van der Waals surface area (Å²) in [5, 5.41) is 14.0. The summed E-state index contributed by atoms with van der Waals surface area (Å²) >= 11 is 3.34. The lowest BCUT2D eigenvalue weighted by Crippen LogP contribution is -2.46. The topological polar surface area (TPSA) is 78.4 Å². The van der Waals surface area contributed by atoms with Crippen LogP contribution in [0.5, 0.6) is 0 Å². The van der Waals surface area contributed by atoms with E-state index >= 15 is 0 Å². The maximum atomic E-state index is 11.7. The smallest absolute Gasteiger partial charge is 0.326 e. The van der Waals surface area contributed by atoms with E-state index in [-0.39, 0.29) is 6.04 Å². The zero-order valence-corrected chi connectivity index (χ0v) is 12.4. The first kappa shape index (κ1) is 15.5. The highest BCUT2D eigenvalue weighted by Gasteiger charge is 2.18. The summed E-state index contributed by atoms with van der Waals surface area (Å²) in [5.74, 6) is -1.03. The third kappa shape index (κ3) is 4.90. The van der Waals surface area contributed by atoms with Crippen LogP contribution < -0.4 is 10.6 Å². The normalized spacial score (nSPS) is 13.4. The highest BCUT2D eigenvalue weighted by Crippen LogP contribution is 2.16. The monoisotopic (exact) mass is 328 g/mol. The number of nitrogens with one attached hydrogen (secondary N) is 2. The number of carboxylic acid groups (broad SMARTS) is 1. The largest absolute Gasteiger partial charge is 0.480 e. The van der Waals surface area contributed by atoms with Crippen molar-refractivity contribution in [1.29, 1.82) is 0 Å². The number of hydrogen-bond donors (Lipinski definition) is 3. The van der Waals surface area contributed by atoms with Gasteiger partial charge in [0.05, 0.1) is 6.04 Å². The molecule has 0 bridgehead atoms. The highest BCUT2D eigenvalue weighted by atomic mass is 79.9. The number of carbonyl (C=O) groups excluding carboxylic acids is 1. The van der Waals surface area contributed by atoms with Gasteiger partial charge in [-0.05, 0) is 31.0 Å². The average Bonchev–Trinajstić information content (AvgIpc) is 2.36. The lowest BCUT2D eigenvalue weighted by molar-refractivity contribution is -0.139. The van der Waals surface area contributed by atoms with E-state index in [9.17, 15) is 9.59 Å². The quantitative estimate of drug-likeness (QED) is 0.777. The first-order valence-corrected chi connectivity index (χ1v) is 6.78. The van der Waals surface area contributed by atoms with Crippen LogP contribution in [0.1, 0.15) is 31.9 Å². The highest BCUT2D eigenvalue weighted by molar-refractivity contribution is 9.10. The Morgan fingerprint density at radius 2 is 1.84 bits per heavy atom. The van der Waals surface area contributed by atoms with Gasteiger partial charge in [0.2, 0.25) is 0 Å². The number of hydrogen-bond acceptors (Lipinski definition) is 2. The number of carbonyl (C=O) groups is 2. The van der Waals surface area contributed by atoms with Crippen molar-refractivity contribution >= 4 is 27.9 Å². The van der Waals surface area contributed by atoms with E-state index in [4.69, 9.17) is 5.11 Å². The number of amides is 2. The van der Waals surface area contributed by atoms with Crippen molar-refractivity contribution in [2.24, 2.45) is 0 Å². The summed E-state index contributed by atoms with van der Waals surface area (Å²) in [6, 6.07) is 6.02. The molecule has 2 amide bonds. The number of benzene rings is 1. The molecule has 19 heavy (non-hydrogen) atoms. The zero-order valence-electron chi connectivity index (χ0n) is 10.8. The van der Waals surface area contributed by atoms with Gasteiger partial charge in [-0.25, -0.2) is 9.59 Å². The van der Waals surface area contributed by atoms with Gasteiger partial charge >= 0.3 is 12.0 Å². The molecule has 5 nitrogen and oxygen atoms in total. The number of aliphatic carboxylic acids is 1. The second kappa shape index (κ2) is 7.13. The fraction of sp³-hybridized carbons (Fsp3) is 0.385. The molecule has 104 valence electrons. The van der Waals surface area contributed by atoms with Crippen molar-refractivity contribution < 1.29 is 14.7 Å². The van der Waals surface area contributed by atoms with Crippen molar-refractivity contribution in [3.63, 3.8) is 0 Å². The molecule has 3 N–H and O–H groups in total. The van der Waals surface area contributed by atoms with E-state index in [1.807, 2.05) is 31.2 Å². The fourth-order valence-electron chi connectivity index (χ4n) is 1.57. The van der Waals surface area contributed by atoms with Crippen LogP contribution >= 0.6 is 15.9 Å². The van der Waals surface area contributed by atoms with E-state index in [2.05, 4.69) is 26.6 Å². The molecule has 0 heterocycles. The Labute approximate surface area is 120 Å². The molecular weight excluding hydrogens is 312 g/mol. The Kier molecular flexibility index (Phi) is 5.82. The maximum Gasteiger partial charge on any atom is 0.326 e. The first-order valence-electron chi connectivity index (χ1n) is 5.99. The molecule has 0 saturated heterocycles. The van der Waals surface area contributed by atoms with E-state index in [1.54, 1.807) is 6.92 Å². The van der Waals surface area contributed by atoms with Gasteiger partial charge < -0.3 is 15.7 Å². The predicted molar refractivity (Wildman–Crippen MR) is 75.9 cm³/mol. The van der Waals surface area contributed by atoms with Gasteiger partial charge in [-0.15, -0.1) is 0 Å². The molecule has 1 rings (SSSR count). The second-order valence-electron chi connectivity index (χ2n) is 4.19. The van der Waals surface area contributed by atoms with Crippen LogP contribution in [0.4, 0.5) is 4.79 Å². The molecule has 1 aromatic rings. The minimum absolute atomic E-state index is 0.195. The number of halogens is 1. The third-order valence-corrected chi connectivity index (χ3v) is 3.26. The van der Waals surface area contributed by atoms with E-state index < -0.39 is 18.0 Å². The minimum atomic E-state index is -1.03. The Balaban J connectivity index is 2.56. The Morgan fingerprint density at radius 3 is 2.32 bits per heavy atom. The fourth-order valence-corrected chi connectivity index (χ4v) is 1.83. The summed E-state index contributed by atoms with van der Waals surface area (Å²) < 4.78 is 0.963. The summed E-state index contributed by atoms with van der Waals surface area (Å²) in [6.45, 7) is 3.54. The van der Waals surface area contributed by atoms with E-state index in [0.29, 0.717) is 6.42 Å². The molecule has 2 unspecified atom stereocenters. The molecule has 0 spiro atoms. The summed E-state index contributed by atoms with van der Waals surface area (Å²) in [5.41, 5.74) is 0.946. The van der Waals surface area contributed by atoms with Crippen LogP contribution in [0.25, 0.3) is 0 Å². The van der Waals surface area contributed by atoms with Gasteiger partial charge in [-0.2, -0.15) is 0 Å². The van der Waals surface area contributed by atoms with E-state index in [1.165, 1.54) is 0 Å². The van der Waals surface area contributed by atoms with Gasteiger partial charge in [0.1, 0.15) is 6.04 Å². The van der Waals surface area contributed by atoms with Gasteiger partial charge in [0.25, 0.3) is 0 Å². The Hall–Kier alpha value is -1.56. The molecule has 0 saturated carbocycles. The summed E-state index contributed by atoms with van der Waals surface area (Å²) in [4.78, 5) is 22.5. The van der Waals surface area contributed by atoms with Crippen molar-refractivity contribution in [1.82, 2.24) is 10.6 Å². The van der Waals surface area contributed by atoms with Crippen molar-refractivity contribution in [3.8, 4) is 0 Å². The van der Waals surface area contributed by atoms with Crippen LogP contribution in [0.3, 0.4) is 0 Å². The molecule has 0 aliphatic rings. The molecule has 2 atom stereocenters. The molecule has 1 aromatic carbocycles. The minimum Gasteiger partial charge on any atom is -0.480 e. The molecule has 0 fully saturated rings. The Morgan fingerprint density at radius 1 is 1.26 bits per heavy atom. The standard InChI is InChI=1S/C13H17BrN2O3/c1-3-11(12(17)18)16-13(19)15-8(2)9-4-6-10(14)7-5-9/h4-8,11H,3H2,1-2H3,(H,17,18)(H2,15,16,19). The number of urea groups is 1. The molecular formula is C13H17BrN2O3. The summed E-state index contributed by atoms with van der Waals surface area (Å²) in [6.07, 6.45) is 0.343. The number of carboxylic acids is 1.